The van der Waals surface area contributed by atoms with Crippen LogP contribution in [0.25, 0.3) is 21.8 Å². The second-order valence-electron chi connectivity index (χ2n) is 13.2. The smallest absolute Gasteiger partial charge is 0.241 e. The number of amides is 1. The summed E-state index contributed by atoms with van der Waals surface area (Å²) < 4.78 is 2.14. The number of imidazole rings is 1. The molecule has 6 aromatic rings. The number of aromatic nitrogens is 2. The Morgan fingerprint density at radius 2 is 1.68 bits per heavy atom. The monoisotopic (exact) mass is 665 g/mol. The van der Waals surface area contributed by atoms with Crippen LogP contribution in [0.2, 0.25) is 0 Å². The van der Waals surface area contributed by atoms with Crippen molar-refractivity contribution in [2.45, 2.75) is 38.3 Å². The molecule has 1 aromatic heterocycles. The van der Waals surface area contributed by atoms with E-state index in [1.54, 1.807) is 12.1 Å². The lowest BCUT2D eigenvalue weighted by molar-refractivity contribution is -0.120. The van der Waals surface area contributed by atoms with E-state index in [1.807, 2.05) is 66.5 Å². The molecule has 0 bridgehead atoms. The largest absolute Gasteiger partial charge is 0.508 e. The Morgan fingerprint density at radius 3 is 2.44 bits per heavy atom. The van der Waals surface area contributed by atoms with E-state index in [-0.39, 0.29) is 17.5 Å². The fraction of sp³-hybridized carbons (Fsp3) is 0.244. The molecule has 1 aliphatic heterocycles. The van der Waals surface area contributed by atoms with Crippen molar-refractivity contribution in [2.75, 3.05) is 29.9 Å². The number of phenolic OH excluding ortho intramolecular Hbond substituents is 1. The van der Waals surface area contributed by atoms with Gasteiger partial charge in [0, 0.05) is 49.5 Å². The molecule has 9 nitrogen and oxygen atoms in total. The highest BCUT2D eigenvalue weighted by atomic mass is 16.3. The van der Waals surface area contributed by atoms with E-state index in [9.17, 15) is 9.90 Å². The van der Waals surface area contributed by atoms with Crippen LogP contribution in [0.1, 0.15) is 35.4 Å². The quantitative estimate of drug-likeness (QED) is 0.0702. The molecular weight excluding hydrogens is 622 g/mol. The standard InChI is InChI=1S/C41H43N7O2/c1-46-38-19-16-34(25-37(38)45-39(46)20-11-28-9-12-30(13-10-28)41(42)43)48(26-31-7-4-6-29-5-2-3-8-36(29)31)40(50)27-47-23-21-33(22-24-47)44-32-14-17-35(49)18-15-32/h2-10,12-19,25,33,44,49H,11,20-24,26-27H2,1H3,(H3,42,43). The molecule has 0 spiro atoms. The Hall–Kier alpha value is -5.67. The second kappa shape index (κ2) is 14.4. The van der Waals surface area contributed by atoms with Gasteiger partial charge in [-0.25, -0.2) is 4.98 Å². The van der Waals surface area contributed by atoms with Gasteiger partial charge in [-0.15, -0.1) is 0 Å². The van der Waals surface area contributed by atoms with Crippen molar-refractivity contribution in [2.24, 2.45) is 12.8 Å². The molecule has 0 aliphatic carbocycles. The van der Waals surface area contributed by atoms with E-state index in [4.69, 9.17) is 16.1 Å². The van der Waals surface area contributed by atoms with Gasteiger partial charge in [-0.2, -0.15) is 0 Å². The minimum Gasteiger partial charge on any atom is -0.508 e. The zero-order valence-corrected chi connectivity index (χ0v) is 28.3. The fourth-order valence-corrected chi connectivity index (χ4v) is 6.97. The number of fused-ring (bicyclic) bond motifs is 2. The van der Waals surface area contributed by atoms with Crippen LogP contribution in [-0.2, 0) is 31.2 Å². The number of aromatic hydroxyl groups is 1. The number of phenols is 1. The van der Waals surface area contributed by atoms with Crippen molar-refractivity contribution in [1.82, 2.24) is 14.5 Å². The number of amidine groups is 1. The van der Waals surface area contributed by atoms with Gasteiger partial charge in [-0.1, -0.05) is 66.7 Å². The van der Waals surface area contributed by atoms with Crippen molar-refractivity contribution in [3.05, 3.63) is 132 Å². The molecule has 5 aromatic carbocycles. The average molecular weight is 666 g/mol. The van der Waals surface area contributed by atoms with Crippen molar-refractivity contribution in [3.63, 3.8) is 0 Å². The molecular formula is C41H43N7O2. The first-order chi connectivity index (χ1) is 24.3. The maximum atomic E-state index is 14.3. The summed E-state index contributed by atoms with van der Waals surface area (Å²) in [6, 6.07) is 36.1. The van der Waals surface area contributed by atoms with Gasteiger partial charge in [0.25, 0.3) is 0 Å². The summed E-state index contributed by atoms with van der Waals surface area (Å²) in [5.41, 5.74) is 12.3. The first-order valence-electron chi connectivity index (χ1n) is 17.2. The summed E-state index contributed by atoms with van der Waals surface area (Å²) in [7, 11) is 2.04. The molecule has 0 radical (unpaired) electrons. The van der Waals surface area contributed by atoms with Crippen LogP contribution in [-0.4, -0.2) is 57.0 Å². The number of hydrogen-bond acceptors (Lipinski definition) is 6. The predicted octanol–water partition coefficient (Wildman–Crippen LogP) is 6.61. The molecule has 1 amide bonds. The van der Waals surface area contributed by atoms with Crippen LogP contribution in [0.5, 0.6) is 5.75 Å². The van der Waals surface area contributed by atoms with Crippen molar-refractivity contribution < 1.29 is 9.90 Å². The number of hydrogen-bond donors (Lipinski definition) is 4. The van der Waals surface area contributed by atoms with Crippen LogP contribution in [0.4, 0.5) is 11.4 Å². The number of nitrogens with two attached hydrogens (primary N) is 1. The highest BCUT2D eigenvalue weighted by Crippen LogP contribution is 2.28. The van der Waals surface area contributed by atoms with Crippen LogP contribution in [0, 0.1) is 5.41 Å². The van der Waals surface area contributed by atoms with E-state index in [0.29, 0.717) is 19.1 Å². The highest BCUT2D eigenvalue weighted by molar-refractivity contribution is 5.98. The Labute approximate surface area is 292 Å². The lowest BCUT2D eigenvalue weighted by Gasteiger charge is -2.34. The lowest BCUT2D eigenvalue weighted by Crippen LogP contribution is -2.45. The van der Waals surface area contributed by atoms with Crippen molar-refractivity contribution in [1.29, 1.82) is 5.41 Å². The van der Waals surface area contributed by atoms with Gasteiger partial charge in [0.15, 0.2) is 0 Å². The van der Waals surface area contributed by atoms with E-state index >= 15 is 0 Å². The van der Waals surface area contributed by atoms with Gasteiger partial charge in [-0.05, 0) is 83.6 Å². The molecule has 9 heteroatoms. The van der Waals surface area contributed by atoms with Gasteiger partial charge in [0.1, 0.15) is 17.4 Å². The second-order valence-corrected chi connectivity index (χ2v) is 13.2. The Morgan fingerprint density at radius 1 is 0.940 bits per heavy atom. The van der Waals surface area contributed by atoms with Gasteiger partial charge >= 0.3 is 0 Å². The highest BCUT2D eigenvalue weighted by Gasteiger charge is 2.25. The third-order valence-electron chi connectivity index (χ3n) is 9.86. The minimum atomic E-state index is 0.0624. The zero-order valence-electron chi connectivity index (χ0n) is 28.3. The number of nitrogen functional groups attached to an aromatic ring is 1. The van der Waals surface area contributed by atoms with Crippen LogP contribution < -0.4 is 16.0 Å². The van der Waals surface area contributed by atoms with E-state index < -0.39 is 0 Å². The van der Waals surface area contributed by atoms with Gasteiger partial charge in [0.05, 0.1) is 24.1 Å². The number of likely N-dealkylation sites (tertiary alicyclic amines) is 1. The number of aryl methyl sites for hydroxylation is 3. The minimum absolute atomic E-state index is 0.0624. The number of anilines is 2. The predicted molar refractivity (Wildman–Crippen MR) is 202 cm³/mol. The average Bonchev–Trinajstić information content (AvgIpc) is 3.45. The third-order valence-corrected chi connectivity index (χ3v) is 9.86. The summed E-state index contributed by atoms with van der Waals surface area (Å²) in [6.45, 7) is 2.44. The summed E-state index contributed by atoms with van der Waals surface area (Å²) >= 11 is 0. The number of nitrogens with one attached hydrogen (secondary N) is 2. The summed E-state index contributed by atoms with van der Waals surface area (Å²) in [5.74, 6) is 1.36. The molecule has 5 N–H and O–H groups in total. The lowest BCUT2D eigenvalue weighted by atomic mass is 10.0. The molecule has 0 saturated carbocycles. The van der Waals surface area contributed by atoms with Gasteiger partial charge in [-0.3, -0.25) is 15.1 Å². The maximum absolute atomic E-state index is 14.3. The van der Waals surface area contributed by atoms with E-state index in [0.717, 1.165) is 94.5 Å². The summed E-state index contributed by atoms with van der Waals surface area (Å²) in [5, 5.41) is 23.1. The molecule has 1 fully saturated rings. The normalized spacial score (nSPS) is 13.9. The summed E-state index contributed by atoms with van der Waals surface area (Å²) in [6.07, 6.45) is 3.44. The molecule has 7 rings (SSSR count). The van der Waals surface area contributed by atoms with Crippen LogP contribution in [0.3, 0.4) is 0 Å². The zero-order chi connectivity index (χ0) is 34.6. The molecule has 254 valence electrons. The van der Waals surface area contributed by atoms with E-state index in [1.165, 1.54) is 0 Å². The molecule has 0 unspecified atom stereocenters. The Balaban J connectivity index is 1.10. The molecule has 50 heavy (non-hydrogen) atoms. The van der Waals surface area contributed by atoms with Crippen LogP contribution >= 0.6 is 0 Å². The number of carbonyl (C=O) groups excluding carboxylic acids is 1. The first-order valence-corrected chi connectivity index (χ1v) is 17.2. The number of rotatable bonds is 11. The Bertz CT molecular complexity index is 2130. The van der Waals surface area contributed by atoms with Gasteiger partial charge < -0.3 is 25.6 Å². The Kier molecular flexibility index (Phi) is 9.49. The molecule has 0 atom stereocenters. The molecule has 2 heterocycles. The number of benzene rings is 5. The topological polar surface area (TPSA) is 124 Å². The van der Waals surface area contributed by atoms with Crippen molar-refractivity contribution in [3.8, 4) is 5.75 Å². The molecule has 1 aliphatic rings. The fourth-order valence-electron chi connectivity index (χ4n) is 6.97. The van der Waals surface area contributed by atoms with Gasteiger partial charge in [0.2, 0.25) is 5.91 Å². The van der Waals surface area contributed by atoms with Crippen molar-refractivity contribution >= 4 is 44.9 Å². The number of piperidine rings is 1. The summed E-state index contributed by atoms with van der Waals surface area (Å²) in [4.78, 5) is 23.5. The van der Waals surface area contributed by atoms with Crippen LogP contribution in [0.15, 0.2) is 109 Å². The number of nitrogens with zero attached hydrogens (tertiary/aromatic N) is 4. The van der Waals surface area contributed by atoms with E-state index in [2.05, 4.69) is 57.2 Å². The third kappa shape index (κ3) is 7.33. The first kappa shape index (κ1) is 32.9. The SMILES string of the molecule is Cn1c(CCc2ccc(C(=N)N)cc2)nc2cc(N(Cc3cccc4ccccc34)C(=O)CN3CCC(Nc4ccc(O)cc4)CC3)ccc21. The maximum Gasteiger partial charge on any atom is 0.241 e. The molecule has 1 saturated heterocycles. The number of carbonyl (C=O) groups is 1.